The Kier molecular flexibility index (Phi) is 3.15. The lowest BCUT2D eigenvalue weighted by atomic mass is 9.89. The Balaban J connectivity index is 1.34. The van der Waals surface area contributed by atoms with Crippen LogP contribution in [0, 0.1) is 5.92 Å². The van der Waals surface area contributed by atoms with Crippen molar-refractivity contribution in [1.82, 2.24) is 9.55 Å². The molecule has 110 valence electrons. The van der Waals surface area contributed by atoms with E-state index >= 15 is 0 Å². The molecule has 0 radical (unpaired) electrons. The van der Waals surface area contributed by atoms with E-state index in [1.54, 1.807) is 6.20 Å². The van der Waals surface area contributed by atoms with Gasteiger partial charge in [-0.05, 0) is 37.5 Å². The van der Waals surface area contributed by atoms with Gasteiger partial charge in [-0.25, -0.2) is 4.98 Å². The van der Waals surface area contributed by atoms with Gasteiger partial charge in [0.1, 0.15) is 12.3 Å². The van der Waals surface area contributed by atoms with Crippen LogP contribution in [0.15, 0.2) is 30.6 Å². The largest absolute Gasteiger partial charge is 0.463 e. The van der Waals surface area contributed by atoms with Gasteiger partial charge in [-0.3, -0.25) is 4.79 Å². The minimum absolute atomic E-state index is 0.0525. The van der Waals surface area contributed by atoms with Crippen LogP contribution in [0.4, 0.5) is 0 Å². The molecule has 0 saturated carbocycles. The second-order valence-corrected chi connectivity index (χ2v) is 5.81. The molecule has 3 unspecified atom stereocenters. The normalized spacial score (nSPS) is 27.3. The molecule has 3 atom stereocenters. The molecule has 5 heteroatoms. The van der Waals surface area contributed by atoms with Crippen LogP contribution in [-0.2, 0) is 20.8 Å². The molecule has 21 heavy (non-hydrogen) atoms. The minimum atomic E-state index is -0.105. The maximum atomic E-state index is 12.1. The molecule has 0 N–H and O–H groups in total. The first kappa shape index (κ1) is 12.8. The van der Waals surface area contributed by atoms with E-state index in [4.69, 9.17) is 9.47 Å². The van der Waals surface area contributed by atoms with Crippen LogP contribution >= 0.6 is 0 Å². The van der Waals surface area contributed by atoms with E-state index in [9.17, 15) is 4.79 Å². The van der Waals surface area contributed by atoms with Crippen molar-refractivity contribution in [3.05, 3.63) is 30.6 Å². The number of fused-ring (bicyclic) bond motifs is 3. The standard InChI is InChI=1S/C16H18N2O3/c19-16(13-10-12-3-4-14(13)21-12)20-9-8-18-7-5-11-2-1-6-17-15(11)18/h1-2,5-7,12-14H,3-4,8-10H2. The van der Waals surface area contributed by atoms with Crippen LogP contribution in [0.2, 0.25) is 0 Å². The van der Waals surface area contributed by atoms with E-state index in [2.05, 4.69) is 4.98 Å². The zero-order valence-corrected chi connectivity index (χ0v) is 11.8. The van der Waals surface area contributed by atoms with Crippen molar-refractivity contribution in [2.45, 2.75) is 38.0 Å². The molecule has 5 nitrogen and oxygen atoms in total. The van der Waals surface area contributed by atoms with Crippen LogP contribution in [0.1, 0.15) is 19.3 Å². The molecule has 0 aliphatic carbocycles. The molecule has 2 aromatic heterocycles. The van der Waals surface area contributed by atoms with Crippen LogP contribution in [0.5, 0.6) is 0 Å². The number of nitrogens with zero attached hydrogens (tertiary/aromatic N) is 2. The van der Waals surface area contributed by atoms with Crippen molar-refractivity contribution >= 4 is 17.0 Å². The minimum Gasteiger partial charge on any atom is -0.463 e. The van der Waals surface area contributed by atoms with Gasteiger partial charge in [-0.15, -0.1) is 0 Å². The lowest BCUT2D eigenvalue weighted by Crippen LogP contribution is -2.28. The Labute approximate surface area is 122 Å². The number of pyridine rings is 1. The van der Waals surface area contributed by atoms with Crippen molar-refractivity contribution in [2.24, 2.45) is 5.92 Å². The highest BCUT2D eigenvalue weighted by atomic mass is 16.5. The number of carbonyl (C=O) groups excluding carboxylic acids is 1. The number of hydrogen-bond acceptors (Lipinski definition) is 4. The Hall–Kier alpha value is -1.88. The number of esters is 1. The fraction of sp³-hybridized carbons (Fsp3) is 0.500. The third-order valence-corrected chi connectivity index (χ3v) is 4.51. The number of rotatable bonds is 4. The maximum absolute atomic E-state index is 12.1. The predicted octanol–water partition coefficient (Wildman–Crippen LogP) is 2.15. The summed E-state index contributed by atoms with van der Waals surface area (Å²) in [7, 11) is 0. The molecule has 4 rings (SSSR count). The van der Waals surface area contributed by atoms with Crippen LogP contribution < -0.4 is 0 Å². The molecule has 4 heterocycles. The fourth-order valence-corrected chi connectivity index (χ4v) is 3.44. The lowest BCUT2D eigenvalue weighted by molar-refractivity contribution is -0.150. The number of aromatic nitrogens is 2. The van der Waals surface area contributed by atoms with Gasteiger partial charge in [-0.1, -0.05) is 0 Å². The van der Waals surface area contributed by atoms with Crippen molar-refractivity contribution in [3.8, 4) is 0 Å². The van der Waals surface area contributed by atoms with Crippen molar-refractivity contribution in [1.29, 1.82) is 0 Å². The Bertz CT molecular complexity index is 666. The highest BCUT2D eigenvalue weighted by Gasteiger charge is 2.45. The molecule has 0 amide bonds. The second-order valence-electron chi connectivity index (χ2n) is 5.81. The third kappa shape index (κ3) is 2.31. The molecular weight excluding hydrogens is 268 g/mol. The van der Waals surface area contributed by atoms with Crippen molar-refractivity contribution < 1.29 is 14.3 Å². The molecule has 2 saturated heterocycles. The monoisotopic (exact) mass is 286 g/mol. The Morgan fingerprint density at radius 2 is 2.38 bits per heavy atom. The summed E-state index contributed by atoms with van der Waals surface area (Å²) in [4.78, 5) is 16.5. The van der Waals surface area contributed by atoms with Crippen molar-refractivity contribution in [2.75, 3.05) is 6.61 Å². The fourth-order valence-electron chi connectivity index (χ4n) is 3.44. The molecule has 0 aromatic carbocycles. The van der Waals surface area contributed by atoms with Crippen LogP contribution in [-0.4, -0.2) is 34.3 Å². The van der Waals surface area contributed by atoms with E-state index in [-0.39, 0.29) is 24.1 Å². The Morgan fingerprint density at radius 3 is 3.19 bits per heavy atom. The summed E-state index contributed by atoms with van der Waals surface area (Å²) in [6.07, 6.45) is 7.05. The quantitative estimate of drug-likeness (QED) is 0.808. The summed E-state index contributed by atoms with van der Waals surface area (Å²) in [5.74, 6) is -0.157. The van der Waals surface area contributed by atoms with Crippen LogP contribution in [0.3, 0.4) is 0 Å². The summed E-state index contributed by atoms with van der Waals surface area (Å²) in [5, 5.41) is 1.10. The average Bonchev–Trinajstić information content (AvgIpc) is 3.22. The predicted molar refractivity (Wildman–Crippen MR) is 76.7 cm³/mol. The SMILES string of the molecule is O=C(OCCn1ccc2cccnc21)C1CC2CCC1O2. The molecule has 2 aromatic rings. The first-order valence-corrected chi connectivity index (χ1v) is 7.53. The second kappa shape index (κ2) is 5.15. The van der Waals surface area contributed by atoms with E-state index in [1.807, 2.05) is 29.0 Å². The molecule has 2 bridgehead atoms. The summed E-state index contributed by atoms with van der Waals surface area (Å²) in [5.41, 5.74) is 0.928. The Morgan fingerprint density at radius 1 is 1.43 bits per heavy atom. The zero-order valence-electron chi connectivity index (χ0n) is 11.8. The molecule has 2 aliphatic rings. The van der Waals surface area contributed by atoms with Gasteiger partial charge < -0.3 is 14.0 Å². The molecule has 2 aliphatic heterocycles. The average molecular weight is 286 g/mol. The number of ether oxygens (including phenoxy) is 2. The van der Waals surface area contributed by atoms with E-state index in [0.29, 0.717) is 13.2 Å². The zero-order chi connectivity index (χ0) is 14.2. The highest BCUT2D eigenvalue weighted by Crippen LogP contribution is 2.39. The van der Waals surface area contributed by atoms with Crippen LogP contribution in [0.25, 0.3) is 11.0 Å². The number of hydrogen-bond donors (Lipinski definition) is 0. The van der Waals surface area contributed by atoms with Gasteiger partial charge in [0.05, 0.1) is 24.7 Å². The van der Waals surface area contributed by atoms with Gasteiger partial charge >= 0.3 is 5.97 Å². The third-order valence-electron chi connectivity index (χ3n) is 4.51. The van der Waals surface area contributed by atoms with Gasteiger partial charge in [0.2, 0.25) is 0 Å². The lowest BCUT2D eigenvalue weighted by Gasteiger charge is -2.17. The molecular formula is C16H18N2O3. The first-order chi connectivity index (χ1) is 10.3. The highest BCUT2D eigenvalue weighted by molar-refractivity contribution is 5.76. The topological polar surface area (TPSA) is 53.4 Å². The van der Waals surface area contributed by atoms with Gasteiger partial charge in [0, 0.05) is 17.8 Å². The van der Waals surface area contributed by atoms with Gasteiger partial charge in [0.15, 0.2) is 0 Å². The molecule has 0 spiro atoms. The van der Waals surface area contributed by atoms with E-state index in [0.717, 1.165) is 30.3 Å². The van der Waals surface area contributed by atoms with Crippen molar-refractivity contribution in [3.63, 3.8) is 0 Å². The van der Waals surface area contributed by atoms with E-state index < -0.39 is 0 Å². The smallest absolute Gasteiger partial charge is 0.311 e. The van der Waals surface area contributed by atoms with Gasteiger partial charge in [0.25, 0.3) is 0 Å². The summed E-state index contributed by atoms with van der Waals surface area (Å²) in [6.45, 7) is 1.01. The van der Waals surface area contributed by atoms with Gasteiger partial charge in [-0.2, -0.15) is 0 Å². The molecule has 2 fully saturated rings. The first-order valence-electron chi connectivity index (χ1n) is 7.53. The summed E-state index contributed by atoms with van der Waals surface area (Å²) >= 11 is 0. The summed E-state index contributed by atoms with van der Waals surface area (Å²) < 4.78 is 13.1. The van der Waals surface area contributed by atoms with E-state index in [1.165, 1.54) is 0 Å². The number of carbonyl (C=O) groups is 1. The summed E-state index contributed by atoms with van der Waals surface area (Å²) in [6, 6.07) is 5.97. The maximum Gasteiger partial charge on any atom is 0.311 e.